The number of carbonyl (C=O) groups excluding carboxylic acids is 1. The maximum atomic E-state index is 11.9. The second kappa shape index (κ2) is 6.05. The summed E-state index contributed by atoms with van der Waals surface area (Å²) in [5.74, 6) is 1.41. The number of hydrogen-bond acceptors (Lipinski definition) is 6. The standard InChI is InChI=1S/C13H16N4O3/c1-8-16-12(17-20-8)5-6-15-13(18)9-3-4-11(19-2)10(14)7-9/h3-4,7H,5-6,14H2,1-2H3,(H,15,18). The number of nitrogens with one attached hydrogen (secondary N) is 1. The van der Waals surface area contributed by atoms with Crippen LogP contribution in [0.4, 0.5) is 5.69 Å². The van der Waals surface area contributed by atoms with Gasteiger partial charge in [0.2, 0.25) is 5.89 Å². The van der Waals surface area contributed by atoms with Crippen molar-refractivity contribution < 1.29 is 14.1 Å². The van der Waals surface area contributed by atoms with Crippen LogP contribution in [0.5, 0.6) is 5.75 Å². The molecule has 1 aromatic carbocycles. The highest BCUT2D eigenvalue weighted by molar-refractivity contribution is 5.95. The Balaban J connectivity index is 1.90. The van der Waals surface area contributed by atoms with Gasteiger partial charge in [-0.15, -0.1) is 0 Å². The molecule has 1 heterocycles. The van der Waals surface area contributed by atoms with Crippen LogP contribution in [0.2, 0.25) is 0 Å². The molecule has 0 radical (unpaired) electrons. The van der Waals surface area contributed by atoms with Crippen molar-refractivity contribution in [1.82, 2.24) is 15.5 Å². The van der Waals surface area contributed by atoms with Crippen molar-refractivity contribution in [3.05, 3.63) is 35.5 Å². The van der Waals surface area contributed by atoms with Crippen molar-refractivity contribution in [2.45, 2.75) is 13.3 Å². The molecule has 2 rings (SSSR count). The predicted molar refractivity (Wildman–Crippen MR) is 72.5 cm³/mol. The van der Waals surface area contributed by atoms with Gasteiger partial charge < -0.3 is 20.3 Å². The quantitative estimate of drug-likeness (QED) is 0.788. The number of nitrogen functional groups attached to an aromatic ring is 1. The van der Waals surface area contributed by atoms with E-state index in [0.717, 1.165) is 0 Å². The first kappa shape index (κ1) is 13.9. The number of aryl methyl sites for hydroxylation is 1. The monoisotopic (exact) mass is 276 g/mol. The second-order valence-corrected chi connectivity index (χ2v) is 4.19. The molecular weight excluding hydrogens is 260 g/mol. The minimum atomic E-state index is -0.209. The second-order valence-electron chi connectivity index (χ2n) is 4.19. The van der Waals surface area contributed by atoms with E-state index in [1.807, 2.05) is 0 Å². The third-order valence-corrected chi connectivity index (χ3v) is 2.70. The number of nitrogens with zero attached hydrogens (tertiary/aromatic N) is 2. The number of ether oxygens (including phenoxy) is 1. The van der Waals surface area contributed by atoms with E-state index in [2.05, 4.69) is 15.5 Å². The molecule has 0 aliphatic carbocycles. The minimum Gasteiger partial charge on any atom is -0.495 e. The van der Waals surface area contributed by atoms with Crippen molar-refractivity contribution in [3.8, 4) is 5.75 Å². The lowest BCUT2D eigenvalue weighted by atomic mass is 10.1. The number of methoxy groups -OCH3 is 1. The number of carbonyl (C=O) groups is 1. The third-order valence-electron chi connectivity index (χ3n) is 2.70. The fourth-order valence-corrected chi connectivity index (χ4v) is 1.71. The summed E-state index contributed by atoms with van der Waals surface area (Å²) in [6.07, 6.45) is 0.509. The molecule has 0 saturated carbocycles. The number of benzene rings is 1. The molecule has 7 heteroatoms. The Morgan fingerprint density at radius 2 is 2.30 bits per heavy atom. The fourth-order valence-electron chi connectivity index (χ4n) is 1.71. The van der Waals surface area contributed by atoms with E-state index < -0.39 is 0 Å². The zero-order valence-electron chi connectivity index (χ0n) is 11.3. The first-order valence-corrected chi connectivity index (χ1v) is 6.11. The summed E-state index contributed by atoms with van der Waals surface area (Å²) in [6, 6.07) is 4.89. The minimum absolute atomic E-state index is 0.209. The van der Waals surface area contributed by atoms with E-state index in [9.17, 15) is 4.79 Å². The Morgan fingerprint density at radius 3 is 2.90 bits per heavy atom. The lowest BCUT2D eigenvalue weighted by molar-refractivity contribution is 0.0954. The van der Waals surface area contributed by atoms with Crippen LogP contribution >= 0.6 is 0 Å². The highest BCUT2D eigenvalue weighted by Gasteiger charge is 2.09. The van der Waals surface area contributed by atoms with E-state index in [4.69, 9.17) is 15.0 Å². The molecule has 106 valence electrons. The molecule has 0 fully saturated rings. The summed E-state index contributed by atoms with van der Waals surface area (Å²) in [6.45, 7) is 2.14. The highest BCUT2D eigenvalue weighted by Crippen LogP contribution is 2.21. The van der Waals surface area contributed by atoms with Gasteiger partial charge in [-0.1, -0.05) is 5.16 Å². The normalized spacial score (nSPS) is 10.3. The highest BCUT2D eigenvalue weighted by atomic mass is 16.5. The molecule has 20 heavy (non-hydrogen) atoms. The Kier molecular flexibility index (Phi) is 4.19. The van der Waals surface area contributed by atoms with Crippen LogP contribution in [0.15, 0.2) is 22.7 Å². The van der Waals surface area contributed by atoms with Crippen LogP contribution in [0.1, 0.15) is 22.1 Å². The van der Waals surface area contributed by atoms with Gasteiger partial charge in [0.15, 0.2) is 5.82 Å². The van der Waals surface area contributed by atoms with Crippen LogP contribution in [0.25, 0.3) is 0 Å². The number of aromatic nitrogens is 2. The van der Waals surface area contributed by atoms with Crippen LogP contribution in [0.3, 0.4) is 0 Å². The molecule has 0 unspecified atom stereocenters. The first-order chi connectivity index (χ1) is 9.60. The Morgan fingerprint density at radius 1 is 1.50 bits per heavy atom. The number of rotatable bonds is 5. The summed E-state index contributed by atoms with van der Waals surface area (Å²) in [7, 11) is 1.53. The van der Waals surface area contributed by atoms with E-state index in [1.165, 1.54) is 7.11 Å². The Labute approximate surface area is 116 Å². The zero-order valence-corrected chi connectivity index (χ0v) is 11.3. The van der Waals surface area contributed by atoms with Gasteiger partial charge in [-0.05, 0) is 18.2 Å². The zero-order chi connectivity index (χ0) is 14.5. The van der Waals surface area contributed by atoms with E-state index >= 15 is 0 Å². The summed E-state index contributed by atoms with van der Waals surface area (Å²) in [4.78, 5) is 16.0. The molecule has 0 aliphatic heterocycles. The van der Waals surface area contributed by atoms with Gasteiger partial charge >= 0.3 is 0 Å². The number of hydrogen-bond donors (Lipinski definition) is 2. The topological polar surface area (TPSA) is 103 Å². The van der Waals surface area contributed by atoms with Crippen LogP contribution < -0.4 is 15.8 Å². The molecule has 0 atom stereocenters. The molecule has 7 nitrogen and oxygen atoms in total. The van der Waals surface area contributed by atoms with E-state index in [1.54, 1.807) is 25.1 Å². The molecule has 0 bridgehead atoms. The predicted octanol–water partition coefficient (Wildman–Crippen LogP) is 0.941. The molecule has 0 saturated heterocycles. The van der Waals surface area contributed by atoms with Crippen molar-refractivity contribution >= 4 is 11.6 Å². The summed E-state index contributed by atoms with van der Waals surface area (Å²) >= 11 is 0. The molecular formula is C13H16N4O3. The molecule has 0 spiro atoms. The lowest BCUT2D eigenvalue weighted by Crippen LogP contribution is -2.26. The van der Waals surface area contributed by atoms with Crippen LogP contribution in [-0.2, 0) is 6.42 Å². The number of amides is 1. The smallest absolute Gasteiger partial charge is 0.251 e. The number of nitrogens with two attached hydrogens (primary N) is 1. The maximum absolute atomic E-state index is 11.9. The van der Waals surface area contributed by atoms with Gasteiger partial charge in [0.05, 0.1) is 12.8 Å². The summed E-state index contributed by atoms with van der Waals surface area (Å²) in [5.41, 5.74) is 6.66. The average Bonchev–Trinajstić information content (AvgIpc) is 2.84. The lowest BCUT2D eigenvalue weighted by Gasteiger charge is -2.07. The molecule has 1 aromatic heterocycles. The fraction of sp³-hybridized carbons (Fsp3) is 0.308. The van der Waals surface area contributed by atoms with Crippen molar-refractivity contribution in [2.75, 3.05) is 19.4 Å². The van der Waals surface area contributed by atoms with Crippen molar-refractivity contribution in [1.29, 1.82) is 0 Å². The van der Waals surface area contributed by atoms with E-state index in [0.29, 0.717) is 41.7 Å². The maximum Gasteiger partial charge on any atom is 0.251 e. The summed E-state index contributed by atoms with van der Waals surface area (Å²) in [5, 5.41) is 6.51. The van der Waals surface area contributed by atoms with Gasteiger partial charge in [0, 0.05) is 25.5 Å². The van der Waals surface area contributed by atoms with E-state index in [-0.39, 0.29) is 5.91 Å². The van der Waals surface area contributed by atoms with Crippen LogP contribution in [-0.4, -0.2) is 29.7 Å². The van der Waals surface area contributed by atoms with Crippen molar-refractivity contribution in [3.63, 3.8) is 0 Å². The Hall–Kier alpha value is -2.57. The molecule has 1 amide bonds. The van der Waals surface area contributed by atoms with Gasteiger partial charge in [-0.2, -0.15) is 4.98 Å². The molecule has 2 aromatic rings. The van der Waals surface area contributed by atoms with Crippen molar-refractivity contribution in [2.24, 2.45) is 0 Å². The van der Waals surface area contributed by atoms with Gasteiger partial charge in [-0.3, -0.25) is 4.79 Å². The van der Waals surface area contributed by atoms with Gasteiger partial charge in [-0.25, -0.2) is 0 Å². The average molecular weight is 276 g/mol. The SMILES string of the molecule is COc1ccc(C(=O)NCCc2noc(C)n2)cc1N. The number of anilines is 1. The molecule has 0 aliphatic rings. The van der Waals surface area contributed by atoms with Crippen LogP contribution in [0, 0.1) is 6.92 Å². The largest absolute Gasteiger partial charge is 0.495 e. The Bertz CT molecular complexity index is 609. The van der Waals surface area contributed by atoms with Gasteiger partial charge in [0.25, 0.3) is 5.91 Å². The third kappa shape index (κ3) is 3.25. The molecule has 3 N–H and O–H groups in total. The first-order valence-electron chi connectivity index (χ1n) is 6.11. The van der Waals surface area contributed by atoms with Gasteiger partial charge in [0.1, 0.15) is 5.75 Å². The summed E-state index contributed by atoms with van der Waals surface area (Å²) < 4.78 is 9.88.